The molecule has 70 valence electrons. The number of hydrogen-bond acceptors (Lipinski definition) is 3. The lowest BCUT2D eigenvalue weighted by Crippen LogP contribution is -2.55. The van der Waals surface area contributed by atoms with Crippen LogP contribution in [0.1, 0.15) is 20.8 Å². The van der Waals surface area contributed by atoms with Crippen molar-refractivity contribution in [2.75, 3.05) is 0 Å². The summed E-state index contributed by atoms with van der Waals surface area (Å²) in [6.07, 6.45) is -1.14. The SMILES string of the molecule is C[C@H](O)C(=O)NC(C)(C)C(N)=O. The minimum Gasteiger partial charge on any atom is -0.384 e. The lowest BCUT2D eigenvalue weighted by atomic mass is 10.0. The van der Waals surface area contributed by atoms with Crippen molar-refractivity contribution in [1.82, 2.24) is 5.32 Å². The van der Waals surface area contributed by atoms with Gasteiger partial charge in [0.2, 0.25) is 11.8 Å². The number of amides is 2. The van der Waals surface area contributed by atoms with Crippen LogP contribution in [0.15, 0.2) is 0 Å². The molecule has 0 fully saturated rings. The third-order valence-corrected chi connectivity index (χ3v) is 1.43. The number of carbonyl (C=O) groups is 2. The Bertz CT molecular complexity index is 199. The zero-order chi connectivity index (χ0) is 9.94. The standard InChI is InChI=1S/C7H14N2O3/c1-4(10)5(11)9-7(2,3)6(8)12/h4,10H,1-3H3,(H2,8,12)(H,9,11)/t4-/m0/s1. The number of primary amides is 1. The molecule has 0 unspecified atom stereocenters. The summed E-state index contributed by atoms with van der Waals surface area (Å²) in [5.41, 5.74) is 3.87. The first-order valence-corrected chi connectivity index (χ1v) is 3.57. The van der Waals surface area contributed by atoms with Crippen LogP contribution in [-0.2, 0) is 9.59 Å². The van der Waals surface area contributed by atoms with E-state index < -0.39 is 23.5 Å². The number of nitrogens with two attached hydrogens (primary N) is 1. The molecule has 0 rings (SSSR count). The fraction of sp³-hybridized carbons (Fsp3) is 0.714. The van der Waals surface area contributed by atoms with Crippen LogP contribution in [0.2, 0.25) is 0 Å². The molecule has 5 heteroatoms. The molecule has 0 saturated heterocycles. The Hall–Kier alpha value is -1.10. The van der Waals surface area contributed by atoms with E-state index in [9.17, 15) is 9.59 Å². The topological polar surface area (TPSA) is 92.4 Å². The first kappa shape index (κ1) is 10.9. The zero-order valence-corrected chi connectivity index (χ0v) is 7.42. The first-order valence-electron chi connectivity index (χ1n) is 3.57. The van der Waals surface area contributed by atoms with Gasteiger partial charge in [0, 0.05) is 0 Å². The van der Waals surface area contributed by atoms with Crippen molar-refractivity contribution < 1.29 is 14.7 Å². The summed E-state index contributed by atoms with van der Waals surface area (Å²) in [6.45, 7) is 4.25. The summed E-state index contributed by atoms with van der Waals surface area (Å²) in [4.78, 5) is 21.6. The van der Waals surface area contributed by atoms with Gasteiger partial charge in [-0.15, -0.1) is 0 Å². The Labute approximate surface area is 70.9 Å². The molecule has 4 N–H and O–H groups in total. The summed E-state index contributed by atoms with van der Waals surface area (Å²) in [7, 11) is 0. The summed E-state index contributed by atoms with van der Waals surface area (Å²) in [5.74, 6) is -1.25. The van der Waals surface area contributed by atoms with Gasteiger partial charge in [-0.3, -0.25) is 9.59 Å². The molecular formula is C7H14N2O3. The van der Waals surface area contributed by atoms with E-state index in [0.29, 0.717) is 0 Å². The Morgan fingerprint density at radius 2 is 1.92 bits per heavy atom. The van der Waals surface area contributed by atoms with Gasteiger partial charge in [-0.05, 0) is 20.8 Å². The smallest absolute Gasteiger partial charge is 0.249 e. The van der Waals surface area contributed by atoms with Gasteiger partial charge < -0.3 is 16.2 Å². The molecule has 0 heterocycles. The van der Waals surface area contributed by atoms with Crippen LogP contribution in [0.3, 0.4) is 0 Å². The predicted octanol–water partition coefficient (Wildman–Crippen LogP) is -1.25. The highest BCUT2D eigenvalue weighted by atomic mass is 16.3. The molecule has 12 heavy (non-hydrogen) atoms. The summed E-state index contributed by atoms with van der Waals surface area (Å²) in [6, 6.07) is 0. The van der Waals surface area contributed by atoms with Gasteiger partial charge in [0.05, 0.1) is 0 Å². The molecule has 5 nitrogen and oxygen atoms in total. The number of hydrogen-bond donors (Lipinski definition) is 3. The minimum atomic E-state index is -1.14. The molecule has 0 aliphatic heterocycles. The molecule has 0 saturated carbocycles. The van der Waals surface area contributed by atoms with Crippen molar-refractivity contribution >= 4 is 11.8 Å². The second-order valence-corrected chi connectivity index (χ2v) is 3.15. The molecule has 1 atom stereocenters. The molecule has 0 aromatic carbocycles. The largest absolute Gasteiger partial charge is 0.384 e. The second-order valence-electron chi connectivity index (χ2n) is 3.15. The lowest BCUT2D eigenvalue weighted by molar-refractivity contribution is -0.134. The number of nitrogens with one attached hydrogen (secondary N) is 1. The van der Waals surface area contributed by atoms with E-state index in [-0.39, 0.29) is 0 Å². The zero-order valence-electron chi connectivity index (χ0n) is 7.42. The fourth-order valence-electron chi connectivity index (χ4n) is 0.474. The third-order valence-electron chi connectivity index (χ3n) is 1.43. The molecule has 2 amide bonds. The maximum atomic E-state index is 10.9. The number of carbonyl (C=O) groups excluding carboxylic acids is 2. The summed E-state index contributed by atoms with van der Waals surface area (Å²) in [5, 5.41) is 11.1. The maximum Gasteiger partial charge on any atom is 0.249 e. The molecule has 0 spiro atoms. The number of aliphatic hydroxyl groups is 1. The normalized spacial score (nSPS) is 13.7. The van der Waals surface area contributed by atoms with Gasteiger partial charge in [-0.1, -0.05) is 0 Å². The second kappa shape index (κ2) is 3.53. The van der Waals surface area contributed by atoms with Crippen molar-refractivity contribution in [3.8, 4) is 0 Å². The monoisotopic (exact) mass is 174 g/mol. The van der Waals surface area contributed by atoms with Crippen LogP contribution in [0.4, 0.5) is 0 Å². The van der Waals surface area contributed by atoms with Crippen LogP contribution < -0.4 is 11.1 Å². The van der Waals surface area contributed by atoms with E-state index in [2.05, 4.69) is 5.32 Å². The first-order chi connectivity index (χ1) is 5.27. The van der Waals surface area contributed by atoms with Crippen LogP contribution in [0, 0.1) is 0 Å². The molecule has 0 bridgehead atoms. The van der Waals surface area contributed by atoms with E-state index in [4.69, 9.17) is 10.8 Å². The van der Waals surface area contributed by atoms with Crippen molar-refractivity contribution in [3.63, 3.8) is 0 Å². The Morgan fingerprint density at radius 3 is 2.17 bits per heavy atom. The van der Waals surface area contributed by atoms with E-state index in [0.717, 1.165) is 0 Å². The van der Waals surface area contributed by atoms with Crippen LogP contribution in [-0.4, -0.2) is 28.6 Å². The van der Waals surface area contributed by atoms with E-state index in [1.165, 1.54) is 20.8 Å². The minimum absolute atomic E-state index is 0.612. The number of aliphatic hydroxyl groups excluding tert-OH is 1. The molecular weight excluding hydrogens is 160 g/mol. The van der Waals surface area contributed by atoms with Gasteiger partial charge in [-0.2, -0.15) is 0 Å². The maximum absolute atomic E-state index is 10.9. The van der Waals surface area contributed by atoms with Crippen molar-refractivity contribution in [1.29, 1.82) is 0 Å². The molecule has 0 aliphatic carbocycles. The van der Waals surface area contributed by atoms with E-state index in [1.807, 2.05) is 0 Å². The Morgan fingerprint density at radius 1 is 1.50 bits per heavy atom. The molecule has 0 aromatic heterocycles. The number of rotatable bonds is 3. The lowest BCUT2D eigenvalue weighted by Gasteiger charge is -2.22. The van der Waals surface area contributed by atoms with Crippen molar-refractivity contribution in [2.24, 2.45) is 5.73 Å². The highest BCUT2D eigenvalue weighted by molar-refractivity contribution is 5.90. The fourth-order valence-corrected chi connectivity index (χ4v) is 0.474. The van der Waals surface area contributed by atoms with Gasteiger partial charge in [0.1, 0.15) is 11.6 Å². The average Bonchev–Trinajstić information content (AvgIpc) is 1.85. The van der Waals surface area contributed by atoms with E-state index >= 15 is 0 Å². The predicted molar refractivity (Wildman–Crippen MR) is 43.1 cm³/mol. The van der Waals surface area contributed by atoms with Gasteiger partial charge >= 0.3 is 0 Å². The van der Waals surface area contributed by atoms with Crippen molar-refractivity contribution in [3.05, 3.63) is 0 Å². The Balaban J connectivity index is 4.25. The summed E-state index contributed by atoms with van der Waals surface area (Å²) < 4.78 is 0. The van der Waals surface area contributed by atoms with Gasteiger partial charge in [0.25, 0.3) is 0 Å². The van der Waals surface area contributed by atoms with Crippen LogP contribution in [0.25, 0.3) is 0 Å². The molecule has 0 aliphatic rings. The highest BCUT2D eigenvalue weighted by Crippen LogP contribution is 2.00. The van der Waals surface area contributed by atoms with E-state index in [1.54, 1.807) is 0 Å². The Kier molecular flexibility index (Phi) is 3.21. The van der Waals surface area contributed by atoms with Crippen molar-refractivity contribution in [2.45, 2.75) is 32.4 Å². The molecule has 0 radical (unpaired) electrons. The quantitative estimate of drug-likeness (QED) is 0.499. The average molecular weight is 174 g/mol. The van der Waals surface area contributed by atoms with Gasteiger partial charge in [0.15, 0.2) is 0 Å². The van der Waals surface area contributed by atoms with Crippen LogP contribution in [0.5, 0.6) is 0 Å². The van der Waals surface area contributed by atoms with Crippen LogP contribution >= 0.6 is 0 Å². The third kappa shape index (κ3) is 2.87. The summed E-state index contributed by atoms with van der Waals surface area (Å²) >= 11 is 0. The van der Waals surface area contributed by atoms with Gasteiger partial charge in [-0.25, -0.2) is 0 Å². The highest BCUT2D eigenvalue weighted by Gasteiger charge is 2.27. The molecule has 0 aromatic rings.